The van der Waals surface area contributed by atoms with E-state index in [4.69, 9.17) is 16.3 Å². The summed E-state index contributed by atoms with van der Waals surface area (Å²) in [7, 11) is -2.21. The first kappa shape index (κ1) is 15.2. The maximum absolute atomic E-state index is 12.2. The minimum absolute atomic E-state index is 0.131. The predicted octanol–water partition coefficient (Wildman–Crippen LogP) is 3.91. The Hall–Kier alpha value is -1.24. The summed E-state index contributed by atoms with van der Waals surface area (Å²) in [5, 5.41) is 0.477. The molecule has 0 saturated heterocycles. The second kappa shape index (κ2) is 6.03. The molecule has 20 heavy (non-hydrogen) atoms. The van der Waals surface area contributed by atoms with Crippen molar-refractivity contribution >= 4 is 43.2 Å². The summed E-state index contributed by atoms with van der Waals surface area (Å²) in [6, 6.07) is 11.0. The van der Waals surface area contributed by atoms with Gasteiger partial charge in [-0.05, 0) is 42.5 Å². The summed E-state index contributed by atoms with van der Waals surface area (Å²) < 4.78 is 32.9. The van der Waals surface area contributed by atoms with Gasteiger partial charge in [0.2, 0.25) is 0 Å². The van der Waals surface area contributed by atoms with Crippen LogP contribution in [-0.4, -0.2) is 15.5 Å². The van der Waals surface area contributed by atoms with Gasteiger partial charge in [0.05, 0.1) is 17.7 Å². The Bertz CT molecular complexity index is 717. The summed E-state index contributed by atoms with van der Waals surface area (Å²) in [6.45, 7) is 0. The van der Waals surface area contributed by atoms with Crippen LogP contribution < -0.4 is 9.46 Å². The van der Waals surface area contributed by atoms with E-state index in [0.717, 1.165) is 4.47 Å². The molecule has 0 amide bonds. The lowest BCUT2D eigenvalue weighted by molar-refractivity contribution is 0.416. The molecule has 4 nitrogen and oxygen atoms in total. The summed E-state index contributed by atoms with van der Waals surface area (Å²) in [6.07, 6.45) is 0. The van der Waals surface area contributed by atoms with Crippen LogP contribution in [0.5, 0.6) is 5.75 Å². The largest absolute Gasteiger partial charge is 0.495 e. The molecule has 0 atom stereocenters. The number of nitrogens with one attached hydrogen (secondary N) is 1. The minimum Gasteiger partial charge on any atom is -0.495 e. The maximum atomic E-state index is 12.2. The second-order valence-electron chi connectivity index (χ2n) is 3.90. The molecule has 0 saturated carbocycles. The van der Waals surface area contributed by atoms with Crippen molar-refractivity contribution in [3.63, 3.8) is 0 Å². The third kappa shape index (κ3) is 3.45. The van der Waals surface area contributed by atoms with E-state index in [2.05, 4.69) is 20.7 Å². The molecule has 1 N–H and O–H groups in total. The molecule has 0 fully saturated rings. The van der Waals surface area contributed by atoms with Crippen molar-refractivity contribution in [1.29, 1.82) is 0 Å². The van der Waals surface area contributed by atoms with Crippen molar-refractivity contribution in [3.05, 3.63) is 52.0 Å². The zero-order chi connectivity index (χ0) is 14.8. The number of rotatable bonds is 4. The zero-order valence-corrected chi connectivity index (χ0v) is 13.6. The SMILES string of the molecule is COc1cc(Br)ccc1NS(=O)(=O)c1ccc(Cl)cc1. The normalized spacial score (nSPS) is 11.2. The molecule has 0 radical (unpaired) electrons. The van der Waals surface area contributed by atoms with Crippen molar-refractivity contribution in [2.45, 2.75) is 4.90 Å². The molecule has 0 aliphatic heterocycles. The molecule has 2 aromatic carbocycles. The smallest absolute Gasteiger partial charge is 0.262 e. The van der Waals surface area contributed by atoms with Crippen LogP contribution in [0.3, 0.4) is 0 Å². The molecule has 0 heterocycles. The van der Waals surface area contributed by atoms with Gasteiger partial charge < -0.3 is 4.74 Å². The molecule has 0 bridgehead atoms. The fourth-order valence-corrected chi connectivity index (χ4v) is 3.10. The average Bonchev–Trinajstić information content (AvgIpc) is 2.41. The maximum Gasteiger partial charge on any atom is 0.262 e. The standard InChI is InChI=1S/C13H11BrClNO3S/c1-19-13-8-9(14)2-7-12(13)16-20(17,18)11-5-3-10(15)4-6-11/h2-8,16H,1H3. The van der Waals surface area contributed by atoms with Crippen LogP contribution >= 0.6 is 27.5 Å². The Morgan fingerprint density at radius 1 is 1.15 bits per heavy atom. The lowest BCUT2D eigenvalue weighted by Crippen LogP contribution is -2.13. The Morgan fingerprint density at radius 3 is 2.40 bits per heavy atom. The highest BCUT2D eigenvalue weighted by Crippen LogP contribution is 2.30. The van der Waals surface area contributed by atoms with Crippen molar-refractivity contribution in [2.24, 2.45) is 0 Å². The summed E-state index contributed by atoms with van der Waals surface area (Å²) >= 11 is 9.04. The molecule has 0 unspecified atom stereocenters. The Labute approximate surface area is 130 Å². The Balaban J connectivity index is 2.35. The molecule has 0 aliphatic rings. The van der Waals surface area contributed by atoms with Gasteiger partial charge in [-0.3, -0.25) is 4.72 Å². The fourth-order valence-electron chi connectivity index (χ4n) is 1.57. The van der Waals surface area contributed by atoms with Gasteiger partial charge in [0, 0.05) is 9.50 Å². The minimum atomic E-state index is -3.68. The van der Waals surface area contributed by atoms with Gasteiger partial charge in [-0.1, -0.05) is 27.5 Å². The zero-order valence-electron chi connectivity index (χ0n) is 10.4. The summed E-state index contributed by atoms with van der Waals surface area (Å²) in [5.74, 6) is 0.428. The van der Waals surface area contributed by atoms with Crippen LogP contribution in [-0.2, 0) is 10.0 Å². The second-order valence-corrected chi connectivity index (χ2v) is 6.94. The molecule has 0 aromatic heterocycles. The topological polar surface area (TPSA) is 55.4 Å². The van der Waals surface area contributed by atoms with Crippen LogP contribution in [0.2, 0.25) is 5.02 Å². The molecule has 2 rings (SSSR count). The molecular weight excluding hydrogens is 366 g/mol. The molecule has 2 aromatic rings. The van der Waals surface area contributed by atoms with Gasteiger partial charge in [0.25, 0.3) is 10.0 Å². The third-order valence-corrected chi connectivity index (χ3v) is 4.66. The first-order valence-electron chi connectivity index (χ1n) is 5.54. The van der Waals surface area contributed by atoms with Crippen molar-refractivity contribution in [3.8, 4) is 5.75 Å². The number of hydrogen-bond donors (Lipinski definition) is 1. The van der Waals surface area contributed by atoms with Gasteiger partial charge in [-0.25, -0.2) is 8.42 Å². The number of halogens is 2. The number of anilines is 1. The van der Waals surface area contributed by atoms with E-state index >= 15 is 0 Å². The van der Waals surface area contributed by atoms with Gasteiger partial charge in [0.1, 0.15) is 5.75 Å². The average molecular weight is 377 g/mol. The summed E-state index contributed by atoms with van der Waals surface area (Å²) in [5.41, 5.74) is 0.366. The Morgan fingerprint density at radius 2 is 1.80 bits per heavy atom. The highest BCUT2D eigenvalue weighted by atomic mass is 79.9. The number of methoxy groups -OCH3 is 1. The number of ether oxygens (including phenoxy) is 1. The highest BCUT2D eigenvalue weighted by Gasteiger charge is 2.16. The van der Waals surface area contributed by atoms with Gasteiger partial charge >= 0.3 is 0 Å². The van der Waals surface area contributed by atoms with E-state index in [0.29, 0.717) is 16.5 Å². The van der Waals surface area contributed by atoms with Crippen LogP contribution in [0.25, 0.3) is 0 Å². The third-order valence-electron chi connectivity index (χ3n) is 2.53. The van der Waals surface area contributed by atoms with Crippen LogP contribution in [0.1, 0.15) is 0 Å². The first-order chi connectivity index (χ1) is 9.42. The van der Waals surface area contributed by atoms with Crippen molar-refractivity contribution < 1.29 is 13.2 Å². The molecular formula is C13H11BrClNO3S. The Kier molecular flexibility index (Phi) is 4.57. The van der Waals surface area contributed by atoms with Gasteiger partial charge in [0.15, 0.2) is 0 Å². The van der Waals surface area contributed by atoms with E-state index in [1.54, 1.807) is 18.2 Å². The molecule has 0 aliphatic carbocycles. The van der Waals surface area contributed by atoms with E-state index in [9.17, 15) is 8.42 Å². The molecule has 0 spiro atoms. The van der Waals surface area contributed by atoms with E-state index in [1.165, 1.54) is 31.4 Å². The summed E-state index contributed by atoms with van der Waals surface area (Å²) in [4.78, 5) is 0.131. The van der Waals surface area contributed by atoms with Crippen molar-refractivity contribution in [1.82, 2.24) is 0 Å². The first-order valence-corrected chi connectivity index (χ1v) is 8.20. The van der Waals surface area contributed by atoms with Crippen molar-refractivity contribution in [2.75, 3.05) is 11.8 Å². The van der Waals surface area contributed by atoms with Crippen LogP contribution in [0.15, 0.2) is 51.8 Å². The van der Waals surface area contributed by atoms with E-state index in [1.807, 2.05) is 0 Å². The van der Waals surface area contributed by atoms with E-state index in [-0.39, 0.29) is 4.90 Å². The van der Waals surface area contributed by atoms with Gasteiger partial charge in [-0.2, -0.15) is 0 Å². The predicted molar refractivity (Wildman–Crippen MR) is 83.0 cm³/mol. The monoisotopic (exact) mass is 375 g/mol. The number of sulfonamides is 1. The number of benzene rings is 2. The van der Waals surface area contributed by atoms with E-state index < -0.39 is 10.0 Å². The lowest BCUT2D eigenvalue weighted by atomic mass is 10.3. The quantitative estimate of drug-likeness (QED) is 0.880. The molecule has 7 heteroatoms. The fraction of sp³-hybridized carbons (Fsp3) is 0.0769. The molecule has 106 valence electrons. The van der Waals surface area contributed by atoms with Crippen LogP contribution in [0.4, 0.5) is 5.69 Å². The highest BCUT2D eigenvalue weighted by molar-refractivity contribution is 9.10. The number of hydrogen-bond acceptors (Lipinski definition) is 3. The van der Waals surface area contributed by atoms with Crippen LogP contribution in [0, 0.1) is 0 Å². The lowest BCUT2D eigenvalue weighted by Gasteiger charge is -2.12. The van der Waals surface area contributed by atoms with Gasteiger partial charge in [-0.15, -0.1) is 0 Å².